The van der Waals surface area contributed by atoms with Crippen molar-refractivity contribution in [1.82, 2.24) is 0 Å². The number of ether oxygens (including phenoxy) is 2. The Morgan fingerprint density at radius 3 is 2.76 bits per heavy atom. The van der Waals surface area contributed by atoms with E-state index in [9.17, 15) is 0 Å². The third-order valence-electron chi connectivity index (χ3n) is 3.33. The minimum absolute atomic E-state index is 0.00823. The Labute approximate surface area is 107 Å². The number of rotatable bonds is 3. The van der Waals surface area contributed by atoms with Gasteiger partial charge in [-0.15, -0.1) is 0 Å². The first-order valence-electron chi connectivity index (χ1n) is 5.89. The SMILES string of the molecule is COc1cc(Cl)ccc1C(N)C1CCOCC1. The second-order valence-electron chi connectivity index (χ2n) is 4.36. The first-order valence-corrected chi connectivity index (χ1v) is 6.27. The number of hydrogen-bond acceptors (Lipinski definition) is 3. The topological polar surface area (TPSA) is 44.5 Å². The van der Waals surface area contributed by atoms with Crippen LogP contribution < -0.4 is 10.5 Å². The van der Waals surface area contributed by atoms with Crippen molar-refractivity contribution in [1.29, 1.82) is 0 Å². The molecule has 0 saturated carbocycles. The Kier molecular flexibility index (Phi) is 4.26. The van der Waals surface area contributed by atoms with Crippen molar-refractivity contribution in [3.8, 4) is 5.75 Å². The molecule has 0 amide bonds. The van der Waals surface area contributed by atoms with Crippen molar-refractivity contribution in [3.63, 3.8) is 0 Å². The van der Waals surface area contributed by atoms with Crippen molar-refractivity contribution in [3.05, 3.63) is 28.8 Å². The Bertz CT molecular complexity index is 378. The molecule has 1 fully saturated rings. The molecule has 0 bridgehead atoms. The zero-order valence-electron chi connectivity index (χ0n) is 9.99. The Morgan fingerprint density at radius 2 is 2.12 bits per heavy atom. The maximum absolute atomic E-state index is 6.32. The highest BCUT2D eigenvalue weighted by Crippen LogP contribution is 2.34. The summed E-state index contributed by atoms with van der Waals surface area (Å²) in [5.74, 6) is 1.23. The van der Waals surface area contributed by atoms with E-state index in [-0.39, 0.29) is 6.04 Å². The Morgan fingerprint density at radius 1 is 1.41 bits per heavy atom. The van der Waals surface area contributed by atoms with Crippen LogP contribution in [0.4, 0.5) is 0 Å². The van der Waals surface area contributed by atoms with Crippen molar-refractivity contribution in [2.24, 2.45) is 11.7 Å². The van der Waals surface area contributed by atoms with Crippen LogP contribution in [0.5, 0.6) is 5.75 Å². The van der Waals surface area contributed by atoms with Gasteiger partial charge in [-0.05, 0) is 30.9 Å². The van der Waals surface area contributed by atoms with Crippen LogP contribution in [-0.4, -0.2) is 20.3 Å². The normalized spacial score (nSPS) is 19.0. The number of hydrogen-bond donors (Lipinski definition) is 1. The maximum atomic E-state index is 6.32. The first-order chi connectivity index (χ1) is 8.22. The highest BCUT2D eigenvalue weighted by molar-refractivity contribution is 6.30. The van der Waals surface area contributed by atoms with E-state index in [1.54, 1.807) is 7.11 Å². The van der Waals surface area contributed by atoms with Crippen LogP contribution in [-0.2, 0) is 4.74 Å². The van der Waals surface area contributed by atoms with Gasteiger partial charge in [-0.1, -0.05) is 17.7 Å². The predicted octanol–water partition coefficient (Wildman–Crippen LogP) is 2.78. The van der Waals surface area contributed by atoms with Crippen molar-refractivity contribution >= 4 is 11.6 Å². The van der Waals surface area contributed by atoms with E-state index in [0.29, 0.717) is 10.9 Å². The number of nitrogens with two attached hydrogens (primary N) is 1. The minimum atomic E-state index is -0.00823. The minimum Gasteiger partial charge on any atom is -0.496 e. The van der Waals surface area contributed by atoms with E-state index in [1.165, 1.54) is 0 Å². The van der Waals surface area contributed by atoms with Gasteiger partial charge in [0.05, 0.1) is 7.11 Å². The van der Waals surface area contributed by atoms with Crippen LogP contribution in [0.15, 0.2) is 18.2 Å². The van der Waals surface area contributed by atoms with Gasteiger partial charge >= 0.3 is 0 Å². The molecule has 3 nitrogen and oxygen atoms in total. The highest BCUT2D eigenvalue weighted by atomic mass is 35.5. The van der Waals surface area contributed by atoms with E-state index in [1.807, 2.05) is 18.2 Å². The molecule has 0 radical (unpaired) electrons. The lowest BCUT2D eigenvalue weighted by atomic mass is 9.87. The second-order valence-corrected chi connectivity index (χ2v) is 4.80. The van der Waals surface area contributed by atoms with E-state index in [2.05, 4.69) is 0 Å². The van der Waals surface area contributed by atoms with Crippen molar-refractivity contribution < 1.29 is 9.47 Å². The summed E-state index contributed by atoms with van der Waals surface area (Å²) in [6.07, 6.45) is 2.01. The molecule has 1 atom stereocenters. The van der Waals surface area contributed by atoms with Gasteiger partial charge in [0, 0.05) is 29.8 Å². The maximum Gasteiger partial charge on any atom is 0.125 e. The molecule has 2 N–H and O–H groups in total. The van der Waals surface area contributed by atoms with Crippen molar-refractivity contribution in [2.75, 3.05) is 20.3 Å². The summed E-state index contributed by atoms with van der Waals surface area (Å²) < 4.78 is 10.7. The summed E-state index contributed by atoms with van der Waals surface area (Å²) in [4.78, 5) is 0. The molecular formula is C13H18ClNO2. The fourth-order valence-corrected chi connectivity index (χ4v) is 2.45. The molecule has 0 aliphatic carbocycles. The van der Waals surface area contributed by atoms with Gasteiger partial charge in [-0.3, -0.25) is 0 Å². The molecule has 94 valence electrons. The van der Waals surface area contributed by atoms with Crippen LogP contribution in [0.2, 0.25) is 5.02 Å². The van der Waals surface area contributed by atoms with Gasteiger partial charge in [-0.2, -0.15) is 0 Å². The van der Waals surface area contributed by atoms with Gasteiger partial charge in [0.15, 0.2) is 0 Å². The molecule has 1 aromatic carbocycles. The summed E-state index contributed by atoms with van der Waals surface area (Å²) >= 11 is 5.95. The summed E-state index contributed by atoms with van der Waals surface area (Å²) in [5, 5.41) is 0.671. The molecule has 1 aliphatic rings. The third-order valence-corrected chi connectivity index (χ3v) is 3.56. The molecular weight excluding hydrogens is 238 g/mol. The van der Waals surface area contributed by atoms with Gasteiger partial charge in [-0.25, -0.2) is 0 Å². The molecule has 1 saturated heterocycles. The van der Waals surface area contributed by atoms with E-state index >= 15 is 0 Å². The molecule has 1 heterocycles. The van der Waals surface area contributed by atoms with Crippen LogP contribution in [0.25, 0.3) is 0 Å². The van der Waals surface area contributed by atoms with Gasteiger partial charge in [0.25, 0.3) is 0 Å². The zero-order valence-corrected chi connectivity index (χ0v) is 10.7. The summed E-state index contributed by atoms with van der Waals surface area (Å²) in [7, 11) is 1.64. The van der Waals surface area contributed by atoms with Gasteiger partial charge < -0.3 is 15.2 Å². The fraction of sp³-hybridized carbons (Fsp3) is 0.538. The molecule has 17 heavy (non-hydrogen) atoms. The second kappa shape index (κ2) is 5.71. The quantitative estimate of drug-likeness (QED) is 0.903. The van der Waals surface area contributed by atoms with Crippen LogP contribution in [0, 0.1) is 5.92 Å². The predicted molar refractivity (Wildman–Crippen MR) is 68.5 cm³/mol. The smallest absolute Gasteiger partial charge is 0.125 e. The lowest BCUT2D eigenvalue weighted by Gasteiger charge is -2.28. The molecule has 2 rings (SSSR count). The summed E-state index contributed by atoms with van der Waals surface area (Å²) in [6.45, 7) is 1.60. The van der Waals surface area contributed by atoms with E-state index < -0.39 is 0 Å². The molecule has 0 spiro atoms. The highest BCUT2D eigenvalue weighted by Gasteiger charge is 2.24. The van der Waals surface area contributed by atoms with Crippen molar-refractivity contribution in [2.45, 2.75) is 18.9 Å². The van der Waals surface area contributed by atoms with Crippen LogP contribution >= 0.6 is 11.6 Å². The average Bonchev–Trinajstić information content (AvgIpc) is 2.39. The first kappa shape index (κ1) is 12.7. The summed E-state index contributed by atoms with van der Waals surface area (Å²) in [5.41, 5.74) is 7.35. The average molecular weight is 256 g/mol. The van der Waals surface area contributed by atoms with Gasteiger partial charge in [0.1, 0.15) is 5.75 Å². The molecule has 0 aromatic heterocycles. The monoisotopic (exact) mass is 255 g/mol. The summed E-state index contributed by atoms with van der Waals surface area (Å²) in [6, 6.07) is 5.63. The van der Waals surface area contributed by atoms with Crippen LogP contribution in [0.3, 0.4) is 0 Å². The lowest BCUT2D eigenvalue weighted by Crippen LogP contribution is -2.27. The fourth-order valence-electron chi connectivity index (χ4n) is 2.29. The molecule has 1 aliphatic heterocycles. The Hall–Kier alpha value is -0.770. The standard InChI is InChI=1S/C13H18ClNO2/c1-16-12-8-10(14)2-3-11(12)13(15)9-4-6-17-7-5-9/h2-3,8-9,13H,4-7,15H2,1H3. The molecule has 4 heteroatoms. The number of benzene rings is 1. The van der Waals surface area contributed by atoms with E-state index in [4.69, 9.17) is 26.8 Å². The number of methoxy groups -OCH3 is 1. The van der Waals surface area contributed by atoms with Crippen LogP contribution in [0.1, 0.15) is 24.4 Å². The zero-order chi connectivity index (χ0) is 12.3. The Balaban J connectivity index is 2.19. The molecule has 1 aromatic rings. The lowest BCUT2D eigenvalue weighted by molar-refractivity contribution is 0.0581. The van der Waals surface area contributed by atoms with Gasteiger partial charge in [0.2, 0.25) is 0 Å². The number of halogens is 1. The third kappa shape index (κ3) is 2.92. The van der Waals surface area contributed by atoms with E-state index in [0.717, 1.165) is 37.4 Å². The largest absolute Gasteiger partial charge is 0.496 e. The molecule has 1 unspecified atom stereocenters.